The number of hydrogen-bond acceptors (Lipinski definition) is 3. The third kappa shape index (κ3) is 7.80. The molecule has 3 heteroatoms. The molecule has 0 aromatic rings. The molecule has 0 bridgehead atoms. The van der Waals surface area contributed by atoms with Crippen LogP contribution < -0.4 is 0 Å². The van der Waals surface area contributed by atoms with Crippen LogP contribution in [0.15, 0.2) is 23.8 Å². The summed E-state index contributed by atoms with van der Waals surface area (Å²) in [7, 11) is 0. The van der Waals surface area contributed by atoms with Crippen LogP contribution in [0.2, 0.25) is 0 Å². The van der Waals surface area contributed by atoms with E-state index in [-0.39, 0.29) is 18.1 Å². The van der Waals surface area contributed by atoms with Gasteiger partial charge in [-0.25, -0.2) is 0 Å². The largest absolute Gasteiger partial charge is 0.392 e. The first-order chi connectivity index (χ1) is 14.3. The van der Waals surface area contributed by atoms with Crippen LogP contribution in [-0.2, 0) is 0 Å². The van der Waals surface area contributed by atoms with Crippen molar-refractivity contribution >= 4 is 0 Å². The lowest BCUT2D eigenvalue weighted by atomic mass is 9.88. The van der Waals surface area contributed by atoms with Gasteiger partial charge in [0.1, 0.15) is 0 Å². The van der Waals surface area contributed by atoms with Gasteiger partial charge in [-0.05, 0) is 84.6 Å². The van der Waals surface area contributed by atoms with Crippen LogP contribution in [0.5, 0.6) is 0 Å². The quantitative estimate of drug-likeness (QED) is 0.264. The van der Waals surface area contributed by atoms with E-state index in [2.05, 4.69) is 51.7 Å². The number of nitrogens with zero attached hydrogens (tertiary/aromatic N) is 1. The van der Waals surface area contributed by atoms with Crippen LogP contribution >= 0.6 is 0 Å². The maximum absolute atomic E-state index is 10.5. The second kappa shape index (κ2) is 13.0. The molecule has 0 radical (unpaired) electrons. The molecule has 30 heavy (non-hydrogen) atoms. The molecule has 2 aliphatic carbocycles. The van der Waals surface area contributed by atoms with Gasteiger partial charge in [-0.15, -0.1) is 0 Å². The van der Waals surface area contributed by atoms with Crippen LogP contribution in [-0.4, -0.2) is 45.9 Å². The second-order valence-electron chi connectivity index (χ2n) is 10.4. The standard InChI is InChI=1S/C27H49NO2/c1-6-7-9-13-24(29)14-15-25-26-18-22(17-23(26)19-27(25)30)12-10-8-11-16-28(20(2)3)21(4)5/h14-15,17,20-21,23-27,29-30H,6-13,16,18-19H2,1-5H3/b15-14+/t23-,24-,25+,26-,27+/m0/s1. The van der Waals surface area contributed by atoms with Gasteiger partial charge in [-0.3, -0.25) is 4.90 Å². The second-order valence-corrected chi connectivity index (χ2v) is 10.4. The van der Waals surface area contributed by atoms with Crippen molar-refractivity contribution in [2.75, 3.05) is 6.54 Å². The first kappa shape index (κ1) is 25.6. The summed E-state index contributed by atoms with van der Waals surface area (Å²) in [6.07, 6.45) is 17.4. The van der Waals surface area contributed by atoms with Crippen molar-refractivity contribution in [3.05, 3.63) is 23.8 Å². The van der Waals surface area contributed by atoms with E-state index in [1.165, 1.54) is 45.1 Å². The SMILES string of the molecule is CCCCC[C@H](O)/C=C/[C@@H]1[C@H]2CC(CCCCCN(C(C)C)C(C)C)=C[C@H]2C[C@H]1O. The van der Waals surface area contributed by atoms with E-state index in [4.69, 9.17) is 0 Å². The molecule has 3 nitrogen and oxygen atoms in total. The van der Waals surface area contributed by atoms with Gasteiger partial charge in [0.15, 0.2) is 0 Å². The summed E-state index contributed by atoms with van der Waals surface area (Å²) in [5.74, 6) is 1.31. The highest BCUT2D eigenvalue weighted by Gasteiger charge is 2.43. The maximum atomic E-state index is 10.5. The Morgan fingerprint density at radius 2 is 1.80 bits per heavy atom. The Bertz CT molecular complexity index is 531. The third-order valence-corrected chi connectivity index (χ3v) is 7.35. The lowest BCUT2D eigenvalue weighted by molar-refractivity contribution is 0.139. The number of aliphatic hydroxyl groups is 2. The number of rotatable bonds is 14. The lowest BCUT2D eigenvalue weighted by Gasteiger charge is -2.30. The Morgan fingerprint density at radius 1 is 1.07 bits per heavy atom. The smallest absolute Gasteiger partial charge is 0.0721 e. The van der Waals surface area contributed by atoms with Crippen molar-refractivity contribution in [1.82, 2.24) is 4.90 Å². The van der Waals surface area contributed by atoms with Crippen LogP contribution in [0.1, 0.15) is 98.8 Å². The van der Waals surface area contributed by atoms with Crippen molar-refractivity contribution in [2.24, 2.45) is 17.8 Å². The van der Waals surface area contributed by atoms with E-state index < -0.39 is 0 Å². The Hall–Kier alpha value is -0.640. The molecule has 5 atom stereocenters. The molecule has 2 aliphatic rings. The molecule has 0 spiro atoms. The summed E-state index contributed by atoms with van der Waals surface area (Å²) >= 11 is 0. The summed E-state index contributed by atoms with van der Waals surface area (Å²) in [4.78, 5) is 2.59. The van der Waals surface area contributed by atoms with Crippen LogP contribution in [0.4, 0.5) is 0 Å². The van der Waals surface area contributed by atoms with Crippen molar-refractivity contribution in [3.63, 3.8) is 0 Å². The fourth-order valence-corrected chi connectivity index (χ4v) is 5.68. The minimum absolute atomic E-state index is 0.218. The molecule has 0 amide bonds. The van der Waals surface area contributed by atoms with E-state index in [0.29, 0.717) is 23.9 Å². The predicted molar refractivity (Wildman–Crippen MR) is 129 cm³/mol. The van der Waals surface area contributed by atoms with Crippen molar-refractivity contribution in [2.45, 2.75) is 123 Å². The van der Waals surface area contributed by atoms with E-state index in [9.17, 15) is 10.2 Å². The summed E-state index contributed by atoms with van der Waals surface area (Å²) in [5, 5.41) is 20.7. The zero-order valence-corrected chi connectivity index (χ0v) is 20.4. The highest BCUT2D eigenvalue weighted by atomic mass is 16.3. The topological polar surface area (TPSA) is 43.7 Å². The fraction of sp³-hybridized carbons (Fsp3) is 0.852. The third-order valence-electron chi connectivity index (χ3n) is 7.35. The van der Waals surface area contributed by atoms with E-state index in [1.54, 1.807) is 5.57 Å². The maximum Gasteiger partial charge on any atom is 0.0721 e. The lowest BCUT2D eigenvalue weighted by Crippen LogP contribution is -2.37. The van der Waals surface area contributed by atoms with Gasteiger partial charge < -0.3 is 10.2 Å². The van der Waals surface area contributed by atoms with Gasteiger partial charge in [-0.2, -0.15) is 0 Å². The molecule has 1 fully saturated rings. The molecular weight excluding hydrogens is 370 g/mol. The van der Waals surface area contributed by atoms with Crippen molar-refractivity contribution < 1.29 is 10.2 Å². The van der Waals surface area contributed by atoms with Crippen LogP contribution in [0, 0.1) is 17.8 Å². The molecule has 0 aliphatic heterocycles. The molecule has 1 saturated carbocycles. The Morgan fingerprint density at radius 3 is 2.47 bits per heavy atom. The first-order valence-electron chi connectivity index (χ1n) is 12.8. The number of aliphatic hydroxyl groups excluding tert-OH is 2. The summed E-state index contributed by atoms with van der Waals surface area (Å²) in [5.41, 5.74) is 1.61. The molecule has 0 heterocycles. The van der Waals surface area contributed by atoms with Gasteiger partial charge in [0.2, 0.25) is 0 Å². The number of unbranched alkanes of at least 4 members (excludes halogenated alkanes) is 4. The normalized spacial score (nSPS) is 27.6. The van der Waals surface area contributed by atoms with Crippen LogP contribution in [0.3, 0.4) is 0 Å². The van der Waals surface area contributed by atoms with Gasteiger partial charge in [0, 0.05) is 18.0 Å². The van der Waals surface area contributed by atoms with E-state index in [0.717, 1.165) is 25.7 Å². The highest BCUT2D eigenvalue weighted by Crippen LogP contribution is 2.48. The number of allylic oxidation sites excluding steroid dienone is 2. The average Bonchev–Trinajstić information content (AvgIpc) is 3.18. The minimum atomic E-state index is -0.354. The molecular formula is C27H49NO2. The van der Waals surface area contributed by atoms with Gasteiger partial charge in [0.25, 0.3) is 0 Å². The molecule has 2 rings (SSSR count). The van der Waals surface area contributed by atoms with Gasteiger partial charge in [0.05, 0.1) is 12.2 Å². The van der Waals surface area contributed by atoms with Crippen molar-refractivity contribution in [3.8, 4) is 0 Å². The Balaban J connectivity index is 1.72. The van der Waals surface area contributed by atoms with E-state index >= 15 is 0 Å². The monoisotopic (exact) mass is 419 g/mol. The van der Waals surface area contributed by atoms with Crippen molar-refractivity contribution in [1.29, 1.82) is 0 Å². The number of hydrogen-bond donors (Lipinski definition) is 2. The summed E-state index contributed by atoms with van der Waals surface area (Å²) in [6, 6.07) is 1.26. The van der Waals surface area contributed by atoms with E-state index in [1.807, 2.05) is 6.08 Å². The molecule has 0 saturated heterocycles. The average molecular weight is 420 g/mol. The number of fused-ring (bicyclic) bond motifs is 1. The first-order valence-corrected chi connectivity index (χ1v) is 12.8. The highest BCUT2D eigenvalue weighted by molar-refractivity contribution is 5.21. The predicted octanol–water partition coefficient (Wildman–Crippen LogP) is 6.11. The molecule has 0 aromatic heterocycles. The minimum Gasteiger partial charge on any atom is -0.392 e. The Kier molecular flexibility index (Phi) is 11.1. The summed E-state index contributed by atoms with van der Waals surface area (Å²) < 4.78 is 0. The fourth-order valence-electron chi connectivity index (χ4n) is 5.68. The molecule has 2 N–H and O–H groups in total. The Labute approximate surface area is 186 Å². The summed E-state index contributed by atoms with van der Waals surface area (Å²) in [6.45, 7) is 12.6. The molecule has 174 valence electrons. The zero-order valence-electron chi connectivity index (χ0n) is 20.4. The zero-order chi connectivity index (χ0) is 22.1. The van der Waals surface area contributed by atoms with Gasteiger partial charge >= 0.3 is 0 Å². The van der Waals surface area contributed by atoms with Crippen LogP contribution in [0.25, 0.3) is 0 Å². The molecule has 0 unspecified atom stereocenters. The van der Waals surface area contributed by atoms with Gasteiger partial charge in [-0.1, -0.05) is 56.4 Å². The molecule has 0 aromatic carbocycles.